The van der Waals surface area contributed by atoms with Crippen LogP contribution in [0, 0.1) is 0 Å². The van der Waals surface area contributed by atoms with E-state index in [4.69, 9.17) is 0 Å². The zero-order valence-corrected chi connectivity index (χ0v) is 10.3. The Balaban J connectivity index is 3.13. The summed E-state index contributed by atoms with van der Waals surface area (Å²) in [5, 5.41) is 0. The molecule has 0 aromatic carbocycles. The van der Waals surface area contributed by atoms with E-state index in [-0.39, 0.29) is 0 Å². The van der Waals surface area contributed by atoms with Crippen molar-refractivity contribution >= 4 is 0 Å². The van der Waals surface area contributed by atoms with Gasteiger partial charge in [0.25, 0.3) is 0 Å². The van der Waals surface area contributed by atoms with Gasteiger partial charge in [-0.15, -0.1) is 6.58 Å². The Morgan fingerprint density at radius 1 is 0.800 bits per heavy atom. The van der Waals surface area contributed by atoms with Crippen molar-refractivity contribution in [1.29, 1.82) is 0 Å². The summed E-state index contributed by atoms with van der Waals surface area (Å²) in [6, 6.07) is 0. The second kappa shape index (κ2) is 13.2. The van der Waals surface area contributed by atoms with Gasteiger partial charge in [0, 0.05) is 0 Å². The van der Waals surface area contributed by atoms with Gasteiger partial charge in [0.15, 0.2) is 0 Å². The average Bonchev–Trinajstić information content (AvgIpc) is 2.26. The van der Waals surface area contributed by atoms with Crippen molar-refractivity contribution in [2.45, 2.75) is 58.3 Å². The largest absolute Gasteiger partial charge is 0.103 e. The second-order valence-corrected chi connectivity index (χ2v) is 3.89. The van der Waals surface area contributed by atoms with Crippen molar-refractivity contribution in [2.24, 2.45) is 0 Å². The minimum atomic E-state index is 1.10. The molecule has 0 aliphatic carbocycles. The number of allylic oxidation sites excluding steroid dienone is 5. The number of hydrogen-bond acceptors (Lipinski definition) is 0. The summed E-state index contributed by atoms with van der Waals surface area (Å²) in [6.45, 7) is 5.93. The van der Waals surface area contributed by atoms with E-state index in [2.05, 4.69) is 37.8 Å². The van der Waals surface area contributed by atoms with E-state index < -0.39 is 0 Å². The maximum Gasteiger partial charge on any atom is -0.0169 e. The number of hydrogen-bond donors (Lipinski definition) is 0. The molecule has 0 saturated carbocycles. The lowest BCUT2D eigenvalue weighted by molar-refractivity contribution is 0.696. The van der Waals surface area contributed by atoms with Crippen LogP contribution in [0.4, 0.5) is 0 Å². The standard InChI is InChI=1S/C15H26/c1-3-5-7-9-11-13-15-14-12-10-8-6-4-2/h3,8,10,14-15H,1,4-7,9,11-13H2,2H3. The molecule has 86 valence electrons. The van der Waals surface area contributed by atoms with E-state index in [0.29, 0.717) is 0 Å². The SMILES string of the molecule is C=CCCCCCC=CCC=CCCC. The molecule has 0 bridgehead atoms. The van der Waals surface area contributed by atoms with Crippen molar-refractivity contribution in [3.8, 4) is 0 Å². The summed E-state index contributed by atoms with van der Waals surface area (Å²) in [5.41, 5.74) is 0. The van der Waals surface area contributed by atoms with Crippen molar-refractivity contribution in [3.63, 3.8) is 0 Å². The van der Waals surface area contributed by atoms with Gasteiger partial charge in [-0.2, -0.15) is 0 Å². The van der Waals surface area contributed by atoms with Gasteiger partial charge in [0.2, 0.25) is 0 Å². The molecule has 0 aromatic rings. The zero-order valence-electron chi connectivity index (χ0n) is 10.3. The number of unbranched alkanes of at least 4 members (excludes halogenated alkanes) is 5. The highest BCUT2D eigenvalue weighted by atomic mass is 13.9. The van der Waals surface area contributed by atoms with Gasteiger partial charge in [-0.05, 0) is 38.5 Å². The first-order valence-electron chi connectivity index (χ1n) is 6.32. The van der Waals surface area contributed by atoms with Crippen molar-refractivity contribution in [2.75, 3.05) is 0 Å². The molecule has 0 heteroatoms. The monoisotopic (exact) mass is 206 g/mol. The second-order valence-electron chi connectivity index (χ2n) is 3.89. The third-order valence-electron chi connectivity index (χ3n) is 2.34. The fourth-order valence-corrected chi connectivity index (χ4v) is 1.40. The van der Waals surface area contributed by atoms with Crippen molar-refractivity contribution in [1.82, 2.24) is 0 Å². The molecular formula is C15H26. The molecular weight excluding hydrogens is 180 g/mol. The Labute approximate surface area is 95.8 Å². The Morgan fingerprint density at radius 3 is 2.13 bits per heavy atom. The van der Waals surface area contributed by atoms with Crippen LogP contribution in [-0.2, 0) is 0 Å². The lowest BCUT2D eigenvalue weighted by atomic mass is 10.1. The van der Waals surface area contributed by atoms with Crippen LogP contribution in [0.1, 0.15) is 58.3 Å². The van der Waals surface area contributed by atoms with E-state index in [1.54, 1.807) is 0 Å². The highest BCUT2D eigenvalue weighted by molar-refractivity contribution is 4.92. The predicted octanol–water partition coefficient (Wildman–Crippen LogP) is 5.43. The molecule has 0 unspecified atom stereocenters. The van der Waals surface area contributed by atoms with E-state index in [0.717, 1.165) is 6.42 Å². The smallest absolute Gasteiger partial charge is 0.0169 e. The van der Waals surface area contributed by atoms with Crippen LogP contribution < -0.4 is 0 Å². The Morgan fingerprint density at radius 2 is 1.47 bits per heavy atom. The van der Waals surface area contributed by atoms with Gasteiger partial charge in [-0.3, -0.25) is 0 Å². The van der Waals surface area contributed by atoms with Crippen LogP contribution in [0.5, 0.6) is 0 Å². The van der Waals surface area contributed by atoms with Gasteiger partial charge >= 0.3 is 0 Å². The quantitative estimate of drug-likeness (QED) is 0.330. The molecule has 0 fully saturated rings. The van der Waals surface area contributed by atoms with Crippen molar-refractivity contribution < 1.29 is 0 Å². The molecule has 0 rings (SSSR count). The topological polar surface area (TPSA) is 0 Å². The van der Waals surface area contributed by atoms with Crippen LogP contribution in [0.15, 0.2) is 37.0 Å². The van der Waals surface area contributed by atoms with E-state index >= 15 is 0 Å². The molecule has 0 aliphatic heterocycles. The summed E-state index contributed by atoms with van der Waals surface area (Å²) in [5.74, 6) is 0. The summed E-state index contributed by atoms with van der Waals surface area (Å²) in [6.07, 6.45) is 21.1. The summed E-state index contributed by atoms with van der Waals surface area (Å²) < 4.78 is 0. The Bertz CT molecular complexity index is 174. The van der Waals surface area contributed by atoms with Crippen LogP contribution in [-0.4, -0.2) is 0 Å². The molecule has 0 saturated heterocycles. The van der Waals surface area contributed by atoms with Gasteiger partial charge in [0.1, 0.15) is 0 Å². The van der Waals surface area contributed by atoms with Crippen LogP contribution in [0.2, 0.25) is 0 Å². The minimum absolute atomic E-state index is 1.10. The third kappa shape index (κ3) is 13.2. The van der Waals surface area contributed by atoms with E-state index in [1.165, 1.54) is 44.9 Å². The maximum absolute atomic E-state index is 3.72. The maximum atomic E-state index is 3.72. The van der Waals surface area contributed by atoms with Crippen molar-refractivity contribution in [3.05, 3.63) is 37.0 Å². The number of rotatable bonds is 10. The van der Waals surface area contributed by atoms with Crippen LogP contribution in [0.25, 0.3) is 0 Å². The zero-order chi connectivity index (χ0) is 11.2. The molecule has 0 spiro atoms. The molecule has 0 aliphatic rings. The van der Waals surface area contributed by atoms with Gasteiger partial charge in [-0.1, -0.05) is 50.1 Å². The lowest BCUT2D eigenvalue weighted by Crippen LogP contribution is -1.74. The molecule has 0 radical (unpaired) electrons. The molecule has 0 heterocycles. The highest BCUT2D eigenvalue weighted by Crippen LogP contribution is 2.04. The molecule has 15 heavy (non-hydrogen) atoms. The average molecular weight is 206 g/mol. The molecule has 0 nitrogen and oxygen atoms in total. The van der Waals surface area contributed by atoms with Gasteiger partial charge in [0.05, 0.1) is 0 Å². The van der Waals surface area contributed by atoms with Crippen LogP contribution in [0.3, 0.4) is 0 Å². The lowest BCUT2D eigenvalue weighted by Gasteiger charge is -1.94. The fraction of sp³-hybridized carbons (Fsp3) is 0.600. The first kappa shape index (κ1) is 14.2. The molecule has 0 amide bonds. The fourth-order valence-electron chi connectivity index (χ4n) is 1.40. The normalized spacial score (nSPS) is 11.5. The van der Waals surface area contributed by atoms with Crippen LogP contribution >= 0.6 is 0 Å². The predicted molar refractivity (Wildman–Crippen MR) is 71.1 cm³/mol. The van der Waals surface area contributed by atoms with E-state index in [1.807, 2.05) is 6.08 Å². The first-order chi connectivity index (χ1) is 7.41. The highest BCUT2D eigenvalue weighted by Gasteiger charge is 1.84. The summed E-state index contributed by atoms with van der Waals surface area (Å²) >= 11 is 0. The van der Waals surface area contributed by atoms with E-state index in [9.17, 15) is 0 Å². The Hall–Kier alpha value is -0.780. The molecule has 0 aromatic heterocycles. The summed E-state index contributed by atoms with van der Waals surface area (Å²) in [4.78, 5) is 0. The molecule has 0 atom stereocenters. The minimum Gasteiger partial charge on any atom is -0.103 e. The third-order valence-corrected chi connectivity index (χ3v) is 2.34. The van der Waals surface area contributed by atoms with Gasteiger partial charge < -0.3 is 0 Å². The van der Waals surface area contributed by atoms with Gasteiger partial charge in [-0.25, -0.2) is 0 Å². The summed E-state index contributed by atoms with van der Waals surface area (Å²) in [7, 11) is 0. The first-order valence-corrected chi connectivity index (χ1v) is 6.32. The Kier molecular flexibility index (Phi) is 12.5. The molecule has 0 N–H and O–H groups in total.